The molecule has 0 amide bonds. The van der Waals surface area contributed by atoms with Crippen LogP contribution >= 0.6 is 23.8 Å². The summed E-state index contributed by atoms with van der Waals surface area (Å²) in [6.07, 6.45) is 3.58. The van der Waals surface area contributed by atoms with Crippen LogP contribution in [0.5, 0.6) is 0 Å². The van der Waals surface area contributed by atoms with Gasteiger partial charge in [0.2, 0.25) is 0 Å². The van der Waals surface area contributed by atoms with Crippen molar-refractivity contribution in [2.24, 2.45) is 0 Å². The van der Waals surface area contributed by atoms with Crippen molar-refractivity contribution < 1.29 is 0 Å². The molecule has 2 rings (SSSR count). The minimum atomic E-state index is 0.614. The zero-order chi connectivity index (χ0) is 16.7. The van der Waals surface area contributed by atoms with Crippen LogP contribution < -0.4 is 10.6 Å². The van der Waals surface area contributed by atoms with Gasteiger partial charge in [0.15, 0.2) is 5.11 Å². The van der Waals surface area contributed by atoms with Gasteiger partial charge in [-0.3, -0.25) is 0 Å². The Kier molecular flexibility index (Phi) is 6.87. The highest BCUT2D eigenvalue weighted by Gasteiger charge is 2.01. The highest BCUT2D eigenvalue weighted by molar-refractivity contribution is 7.80. The molecule has 23 heavy (non-hydrogen) atoms. The van der Waals surface area contributed by atoms with Crippen LogP contribution in [0.1, 0.15) is 36.5 Å². The molecule has 2 aromatic rings. The molecule has 0 aliphatic heterocycles. The Bertz CT molecular complexity index is 653. The van der Waals surface area contributed by atoms with Gasteiger partial charge >= 0.3 is 0 Å². The summed E-state index contributed by atoms with van der Waals surface area (Å²) in [5.41, 5.74) is 4.56. The molecular weight excluding hydrogens is 324 g/mol. The normalized spacial score (nSPS) is 10.4. The van der Waals surface area contributed by atoms with E-state index >= 15 is 0 Å². The second-order valence-corrected chi connectivity index (χ2v) is 6.51. The lowest BCUT2D eigenvalue weighted by Crippen LogP contribution is -2.27. The molecule has 2 nitrogen and oxygen atoms in total. The quantitative estimate of drug-likeness (QED) is 0.677. The van der Waals surface area contributed by atoms with E-state index in [1.54, 1.807) is 0 Å². The molecule has 0 aromatic heterocycles. The van der Waals surface area contributed by atoms with Gasteiger partial charge < -0.3 is 10.6 Å². The van der Waals surface area contributed by atoms with Gasteiger partial charge in [-0.25, -0.2) is 0 Å². The lowest BCUT2D eigenvalue weighted by Gasteiger charge is -2.12. The predicted octanol–water partition coefficient (Wildman–Crippen LogP) is 5.48. The third-order valence-electron chi connectivity index (χ3n) is 3.72. The summed E-state index contributed by atoms with van der Waals surface area (Å²) in [5, 5.41) is 7.81. The van der Waals surface area contributed by atoms with E-state index in [1.165, 1.54) is 18.4 Å². The highest BCUT2D eigenvalue weighted by Crippen LogP contribution is 2.16. The van der Waals surface area contributed by atoms with Crippen LogP contribution in [0.4, 0.5) is 5.69 Å². The fourth-order valence-corrected chi connectivity index (χ4v) is 2.63. The highest BCUT2D eigenvalue weighted by atomic mass is 35.5. The lowest BCUT2D eigenvalue weighted by molar-refractivity contribution is 0.795. The average molecular weight is 347 g/mol. The van der Waals surface area contributed by atoms with E-state index in [0.717, 1.165) is 28.3 Å². The second kappa shape index (κ2) is 8.90. The Morgan fingerprint density at radius 1 is 1.09 bits per heavy atom. The smallest absolute Gasteiger partial charge is 0.171 e. The molecule has 122 valence electrons. The van der Waals surface area contributed by atoms with E-state index < -0.39 is 0 Å². The first-order chi connectivity index (χ1) is 11.1. The number of halogens is 1. The second-order valence-electron chi connectivity index (χ2n) is 5.69. The van der Waals surface area contributed by atoms with E-state index in [-0.39, 0.29) is 0 Å². The molecule has 0 bridgehead atoms. The zero-order valence-corrected chi connectivity index (χ0v) is 15.2. The molecule has 0 saturated carbocycles. The van der Waals surface area contributed by atoms with Crippen molar-refractivity contribution >= 4 is 34.6 Å². The molecule has 0 heterocycles. The largest absolute Gasteiger partial charge is 0.358 e. The maximum Gasteiger partial charge on any atom is 0.171 e. The molecule has 2 N–H and O–H groups in total. The van der Waals surface area contributed by atoms with Crippen LogP contribution in [0.2, 0.25) is 5.02 Å². The Balaban J connectivity index is 1.83. The molecule has 0 radical (unpaired) electrons. The molecule has 0 unspecified atom stereocenters. The number of unbranched alkanes of at least 4 members (excludes halogenated alkanes) is 1. The molecule has 0 spiro atoms. The maximum atomic E-state index is 6.13. The standard InChI is InChI=1S/C19H23ClN2S/c1-3-4-5-15-8-10-17(11-9-15)22-19(23)21-13-16-7-6-14(2)18(20)12-16/h6-12H,3-5,13H2,1-2H3,(H2,21,22,23). The van der Waals surface area contributed by atoms with Gasteiger partial charge in [0.1, 0.15) is 0 Å². The number of aryl methyl sites for hydroxylation is 2. The number of nitrogens with one attached hydrogen (secondary N) is 2. The maximum absolute atomic E-state index is 6.13. The van der Waals surface area contributed by atoms with Crippen molar-refractivity contribution in [3.63, 3.8) is 0 Å². The van der Waals surface area contributed by atoms with Gasteiger partial charge in [0.05, 0.1) is 0 Å². The molecule has 0 aliphatic carbocycles. The van der Waals surface area contributed by atoms with Gasteiger partial charge in [-0.1, -0.05) is 49.2 Å². The molecule has 0 aliphatic rings. The molecule has 0 fully saturated rings. The third-order valence-corrected chi connectivity index (χ3v) is 4.37. The topological polar surface area (TPSA) is 24.1 Å². The van der Waals surface area contributed by atoms with Crippen LogP contribution in [0.25, 0.3) is 0 Å². The van der Waals surface area contributed by atoms with Crippen LogP contribution in [0.15, 0.2) is 42.5 Å². The minimum absolute atomic E-state index is 0.614. The van der Waals surface area contributed by atoms with Crippen LogP contribution in [-0.2, 0) is 13.0 Å². The average Bonchev–Trinajstić information content (AvgIpc) is 2.55. The summed E-state index contributed by atoms with van der Waals surface area (Å²) in [5.74, 6) is 0. The zero-order valence-electron chi connectivity index (χ0n) is 13.7. The summed E-state index contributed by atoms with van der Waals surface area (Å²) in [7, 11) is 0. The number of hydrogen-bond acceptors (Lipinski definition) is 1. The van der Waals surface area contributed by atoms with E-state index in [9.17, 15) is 0 Å². The summed E-state index contributed by atoms with van der Waals surface area (Å²) in [6, 6.07) is 14.5. The first kappa shape index (κ1) is 17.8. The molecule has 2 aromatic carbocycles. The monoisotopic (exact) mass is 346 g/mol. The van der Waals surface area contributed by atoms with Crippen molar-refractivity contribution in [1.29, 1.82) is 0 Å². The first-order valence-corrected chi connectivity index (χ1v) is 8.76. The molecule has 0 atom stereocenters. The summed E-state index contributed by atoms with van der Waals surface area (Å²) in [4.78, 5) is 0. The van der Waals surface area contributed by atoms with Crippen molar-refractivity contribution in [2.75, 3.05) is 5.32 Å². The van der Waals surface area contributed by atoms with Crippen molar-refractivity contribution in [3.8, 4) is 0 Å². The Morgan fingerprint density at radius 2 is 1.78 bits per heavy atom. The van der Waals surface area contributed by atoms with E-state index in [2.05, 4.69) is 47.9 Å². The molecular formula is C19H23ClN2S. The SMILES string of the molecule is CCCCc1ccc(NC(=S)NCc2ccc(C)c(Cl)c2)cc1. The fraction of sp³-hybridized carbons (Fsp3) is 0.316. The van der Waals surface area contributed by atoms with Gasteiger partial charge in [-0.15, -0.1) is 0 Å². The van der Waals surface area contributed by atoms with Gasteiger partial charge in [0.25, 0.3) is 0 Å². The van der Waals surface area contributed by atoms with Gasteiger partial charge in [-0.2, -0.15) is 0 Å². The number of benzene rings is 2. The van der Waals surface area contributed by atoms with Gasteiger partial charge in [-0.05, 0) is 66.9 Å². The summed E-state index contributed by atoms with van der Waals surface area (Å²) in [6.45, 7) is 4.86. The number of rotatable bonds is 6. The summed E-state index contributed by atoms with van der Waals surface area (Å²) < 4.78 is 0. The molecule has 0 saturated heterocycles. The number of hydrogen-bond donors (Lipinski definition) is 2. The Hall–Kier alpha value is -1.58. The van der Waals surface area contributed by atoms with Crippen molar-refractivity contribution in [3.05, 3.63) is 64.2 Å². The predicted molar refractivity (Wildman–Crippen MR) is 104 cm³/mol. The van der Waals surface area contributed by atoms with E-state index in [0.29, 0.717) is 11.7 Å². The fourth-order valence-electron chi connectivity index (χ4n) is 2.24. The lowest BCUT2D eigenvalue weighted by atomic mass is 10.1. The minimum Gasteiger partial charge on any atom is -0.358 e. The number of anilines is 1. The van der Waals surface area contributed by atoms with Crippen LogP contribution in [0.3, 0.4) is 0 Å². The summed E-state index contributed by atoms with van der Waals surface area (Å²) >= 11 is 11.5. The Labute approximate surface area is 149 Å². The molecule has 4 heteroatoms. The van der Waals surface area contributed by atoms with Crippen molar-refractivity contribution in [2.45, 2.75) is 39.7 Å². The third kappa shape index (κ3) is 5.85. The van der Waals surface area contributed by atoms with Crippen LogP contribution in [0, 0.1) is 6.92 Å². The van der Waals surface area contributed by atoms with Crippen molar-refractivity contribution in [1.82, 2.24) is 5.32 Å². The van der Waals surface area contributed by atoms with Gasteiger partial charge in [0, 0.05) is 17.3 Å². The van der Waals surface area contributed by atoms with E-state index in [4.69, 9.17) is 23.8 Å². The van der Waals surface area contributed by atoms with E-state index in [1.807, 2.05) is 19.1 Å². The first-order valence-electron chi connectivity index (χ1n) is 7.97. The van der Waals surface area contributed by atoms with Crippen LogP contribution in [-0.4, -0.2) is 5.11 Å². The number of thiocarbonyl (C=S) groups is 1. The Morgan fingerprint density at radius 3 is 2.43 bits per heavy atom.